The van der Waals surface area contributed by atoms with Gasteiger partial charge in [-0.25, -0.2) is 9.82 Å². The molecule has 0 aromatic heterocycles. The summed E-state index contributed by atoms with van der Waals surface area (Å²) in [6, 6.07) is 16.4. The van der Waals surface area contributed by atoms with Crippen molar-refractivity contribution in [3.63, 3.8) is 0 Å². The smallest absolute Gasteiger partial charge is 0.123 e. The van der Waals surface area contributed by atoms with Crippen molar-refractivity contribution in [1.82, 2.24) is 5.43 Å². The zero-order chi connectivity index (χ0) is 13.9. The highest BCUT2D eigenvalue weighted by molar-refractivity contribution is 5.46. The van der Waals surface area contributed by atoms with Gasteiger partial charge in [-0.1, -0.05) is 30.3 Å². The van der Waals surface area contributed by atoms with Crippen LogP contribution in [0.15, 0.2) is 54.6 Å². The van der Waals surface area contributed by atoms with Crippen LogP contribution in [-0.4, -0.2) is 17.8 Å². The number of hydrazine groups is 1. The number of nitrogens with zero attached hydrogens (tertiary/aromatic N) is 1. The van der Waals surface area contributed by atoms with Crippen molar-refractivity contribution in [2.45, 2.75) is 18.6 Å². The molecule has 1 heterocycles. The Balaban J connectivity index is 1.81. The third-order valence-electron chi connectivity index (χ3n) is 3.55. The average Bonchev–Trinajstić information content (AvgIpc) is 2.48. The molecule has 0 saturated carbocycles. The highest BCUT2D eigenvalue weighted by Crippen LogP contribution is 2.26. The van der Waals surface area contributed by atoms with E-state index in [1.807, 2.05) is 35.3 Å². The number of hydrogen-bond donors (Lipinski definition) is 2. The third kappa shape index (κ3) is 2.81. The molecule has 104 valence electrons. The minimum Gasteiger partial charge on any atom is -0.391 e. The molecule has 1 saturated heterocycles. The zero-order valence-corrected chi connectivity index (χ0v) is 11.0. The van der Waals surface area contributed by atoms with Crippen molar-refractivity contribution >= 4 is 5.69 Å². The Morgan fingerprint density at radius 1 is 1.05 bits per heavy atom. The van der Waals surface area contributed by atoms with Crippen LogP contribution < -0.4 is 10.4 Å². The van der Waals surface area contributed by atoms with Gasteiger partial charge in [0.25, 0.3) is 0 Å². The maximum Gasteiger partial charge on any atom is 0.123 e. The number of nitrogens with one attached hydrogen (secondary N) is 1. The molecule has 0 aliphatic carbocycles. The number of β-amino-alcohol motifs (C(OH)–C–C–N with tert-alkyl or cyclic N) is 1. The van der Waals surface area contributed by atoms with E-state index in [1.54, 1.807) is 12.1 Å². The summed E-state index contributed by atoms with van der Waals surface area (Å²) in [5.41, 5.74) is 5.38. The predicted octanol–water partition coefficient (Wildman–Crippen LogP) is 2.64. The fourth-order valence-electron chi connectivity index (χ4n) is 2.55. The highest BCUT2D eigenvalue weighted by Gasteiger charge is 2.26. The minimum atomic E-state index is -0.411. The summed E-state index contributed by atoms with van der Waals surface area (Å²) >= 11 is 0. The van der Waals surface area contributed by atoms with E-state index in [0.717, 1.165) is 11.3 Å². The Morgan fingerprint density at radius 2 is 1.75 bits per heavy atom. The molecule has 2 aromatic carbocycles. The lowest BCUT2D eigenvalue weighted by Gasteiger charge is -2.38. The van der Waals surface area contributed by atoms with Crippen LogP contribution in [0.5, 0.6) is 0 Å². The molecule has 0 unspecified atom stereocenters. The minimum absolute atomic E-state index is 0.0602. The molecule has 3 rings (SSSR count). The highest BCUT2D eigenvalue weighted by atomic mass is 19.1. The van der Waals surface area contributed by atoms with Gasteiger partial charge < -0.3 is 10.1 Å². The van der Waals surface area contributed by atoms with Gasteiger partial charge in [-0.2, -0.15) is 0 Å². The van der Waals surface area contributed by atoms with Gasteiger partial charge >= 0.3 is 0 Å². The number of rotatable bonds is 2. The summed E-state index contributed by atoms with van der Waals surface area (Å²) in [6.45, 7) is 0.495. The molecule has 0 spiro atoms. The molecule has 1 aliphatic heterocycles. The lowest BCUT2D eigenvalue weighted by atomic mass is 9.99. The van der Waals surface area contributed by atoms with Crippen molar-refractivity contribution in [2.75, 3.05) is 11.6 Å². The fraction of sp³-hybridized carbons (Fsp3) is 0.250. The molecule has 0 radical (unpaired) electrons. The molecule has 2 atom stereocenters. The van der Waals surface area contributed by atoms with Crippen LogP contribution in [0.3, 0.4) is 0 Å². The normalized spacial score (nSPS) is 22.8. The molecule has 0 bridgehead atoms. The SMILES string of the molecule is O[C@@H]1C[C@H](c2ccccc2)NN(c2ccc(F)cc2)C1. The molecule has 1 aliphatic rings. The van der Waals surface area contributed by atoms with Crippen molar-refractivity contribution in [3.8, 4) is 0 Å². The number of benzene rings is 2. The number of aliphatic hydroxyl groups excluding tert-OH is 1. The molecule has 20 heavy (non-hydrogen) atoms. The Labute approximate surface area is 117 Å². The Kier molecular flexibility index (Phi) is 3.67. The van der Waals surface area contributed by atoms with Gasteiger partial charge in [0.2, 0.25) is 0 Å². The average molecular weight is 272 g/mol. The molecule has 2 N–H and O–H groups in total. The van der Waals surface area contributed by atoms with Crippen molar-refractivity contribution < 1.29 is 9.50 Å². The molecule has 0 amide bonds. The topological polar surface area (TPSA) is 35.5 Å². The third-order valence-corrected chi connectivity index (χ3v) is 3.55. The Bertz CT molecular complexity index is 558. The van der Waals surface area contributed by atoms with Gasteiger partial charge in [0, 0.05) is 0 Å². The Hall–Kier alpha value is -1.91. The quantitative estimate of drug-likeness (QED) is 0.882. The lowest BCUT2D eigenvalue weighted by molar-refractivity contribution is 0.126. The first-order chi connectivity index (χ1) is 9.72. The fourth-order valence-corrected chi connectivity index (χ4v) is 2.55. The van der Waals surface area contributed by atoms with Crippen molar-refractivity contribution in [2.24, 2.45) is 0 Å². The molecular weight excluding hydrogens is 255 g/mol. The molecule has 1 fully saturated rings. The van der Waals surface area contributed by atoms with E-state index in [-0.39, 0.29) is 11.9 Å². The second-order valence-corrected chi connectivity index (χ2v) is 5.07. The van der Waals surface area contributed by atoms with E-state index in [4.69, 9.17) is 0 Å². The lowest BCUT2D eigenvalue weighted by Crippen LogP contribution is -2.51. The van der Waals surface area contributed by atoms with E-state index >= 15 is 0 Å². The zero-order valence-electron chi connectivity index (χ0n) is 11.0. The summed E-state index contributed by atoms with van der Waals surface area (Å²) in [5, 5.41) is 12.0. The first-order valence-corrected chi connectivity index (χ1v) is 6.74. The van der Waals surface area contributed by atoms with Gasteiger partial charge in [-0.3, -0.25) is 0 Å². The number of aliphatic hydroxyl groups is 1. The van der Waals surface area contributed by atoms with Crippen LogP contribution in [0.1, 0.15) is 18.0 Å². The van der Waals surface area contributed by atoms with Crippen molar-refractivity contribution in [3.05, 3.63) is 66.0 Å². The van der Waals surface area contributed by atoms with Gasteiger partial charge in [0.1, 0.15) is 5.82 Å². The molecule has 2 aromatic rings. The van der Waals surface area contributed by atoms with E-state index in [1.165, 1.54) is 12.1 Å². The van der Waals surface area contributed by atoms with E-state index in [9.17, 15) is 9.50 Å². The van der Waals surface area contributed by atoms with Crippen molar-refractivity contribution in [1.29, 1.82) is 0 Å². The maximum atomic E-state index is 13.0. The summed E-state index contributed by atoms with van der Waals surface area (Å²) in [6.07, 6.45) is 0.258. The summed E-state index contributed by atoms with van der Waals surface area (Å²) in [4.78, 5) is 0. The van der Waals surface area contributed by atoms with E-state index < -0.39 is 6.10 Å². The second-order valence-electron chi connectivity index (χ2n) is 5.07. The Morgan fingerprint density at radius 3 is 2.45 bits per heavy atom. The summed E-state index contributed by atoms with van der Waals surface area (Å²) in [5.74, 6) is -0.258. The van der Waals surface area contributed by atoms with Gasteiger partial charge in [-0.15, -0.1) is 0 Å². The predicted molar refractivity (Wildman–Crippen MR) is 76.7 cm³/mol. The number of anilines is 1. The van der Waals surface area contributed by atoms with Crippen LogP contribution in [0, 0.1) is 5.82 Å². The van der Waals surface area contributed by atoms with Gasteiger partial charge in [0.15, 0.2) is 0 Å². The molecule has 3 nitrogen and oxygen atoms in total. The van der Waals surface area contributed by atoms with E-state index in [2.05, 4.69) is 5.43 Å². The first kappa shape index (κ1) is 13.1. The summed E-state index contributed by atoms with van der Waals surface area (Å²) < 4.78 is 13.0. The number of hydrogen-bond acceptors (Lipinski definition) is 3. The van der Waals surface area contributed by atoms with Gasteiger partial charge in [-0.05, 0) is 36.2 Å². The van der Waals surface area contributed by atoms with Crippen LogP contribution >= 0.6 is 0 Å². The number of halogens is 1. The largest absolute Gasteiger partial charge is 0.391 e. The standard InChI is InChI=1S/C16H17FN2O/c17-13-6-8-14(9-7-13)19-11-15(20)10-16(18-19)12-4-2-1-3-5-12/h1-9,15-16,18,20H,10-11H2/t15-,16-/m1/s1. The second kappa shape index (κ2) is 5.61. The molecular formula is C16H17FN2O. The molecule has 4 heteroatoms. The first-order valence-electron chi connectivity index (χ1n) is 6.74. The monoisotopic (exact) mass is 272 g/mol. The summed E-state index contributed by atoms with van der Waals surface area (Å²) in [7, 11) is 0. The van der Waals surface area contributed by atoms with E-state index in [0.29, 0.717) is 13.0 Å². The van der Waals surface area contributed by atoms with Gasteiger partial charge in [0.05, 0.1) is 24.4 Å². The van der Waals surface area contributed by atoms with Crippen LogP contribution in [0.4, 0.5) is 10.1 Å². The van der Waals surface area contributed by atoms with Crippen LogP contribution in [0.2, 0.25) is 0 Å². The van der Waals surface area contributed by atoms with Crippen LogP contribution in [-0.2, 0) is 0 Å². The van der Waals surface area contributed by atoms with Crippen LogP contribution in [0.25, 0.3) is 0 Å². The maximum absolute atomic E-state index is 13.0.